The molecule has 0 aliphatic carbocycles. The van der Waals surface area contributed by atoms with Gasteiger partial charge in [0.2, 0.25) is 0 Å². The average Bonchev–Trinajstić information content (AvgIpc) is 2.59. The molecule has 25 heavy (non-hydrogen) atoms. The van der Waals surface area contributed by atoms with Crippen molar-refractivity contribution in [1.82, 2.24) is 0 Å². The van der Waals surface area contributed by atoms with Crippen molar-refractivity contribution in [3.63, 3.8) is 0 Å². The Bertz CT molecular complexity index is 236. The van der Waals surface area contributed by atoms with Crippen molar-refractivity contribution in [3.05, 3.63) is 25.3 Å². The van der Waals surface area contributed by atoms with E-state index in [9.17, 15) is 5.11 Å². The van der Waals surface area contributed by atoms with Crippen LogP contribution in [-0.4, -0.2) is 54.6 Å². The molecule has 0 rings (SSSR count). The van der Waals surface area contributed by atoms with Crippen LogP contribution in [-0.2, 0) is 0 Å². The van der Waals surface area contributed by atoms with Gasteiger partial charge in [-0.05, 0) is 12.8 Å². The second-order valence-electron chi connectivity index (χ2n) is 6.92. The van der Waals surface area contributed by atoms with Gasteiger partial charge in [0, 0.05) is 0 Å². The molecule has 0 aromatic carbocycles. The highest BCUT2D eigenvalue weighted by Gasteiger charge is 2.03. The summed E-state index contributed by atoms with van der Waals surface area (Å²) < 4.78 is 2.51. The monoisotopic (exact) mass is 374 g/mol. The van der Waals surface area contributed by atoms with Gasteiger partial charge in [-0.2, -0.15) is 0 Å². The number of aliphatic hydroxyl groups excluding tert-OH is 1. The van der Waals surface area contributed by atoms with Crippen molar-refractivity contribution in [2.45, 2.75) is 113 Å². The van der Waals surface area contributed by atoms with Crippen molar-refractivity contribution < 1.29 is 5.11 Å². The first-order valence-corrected chi connectivity index (χ1v) is 12.6. The van der Waals surface area contributed by atoms with Crippen molar-refractivity contribution in [3.8, 4) is 0 Å². The van der Waals surface area contributed by atoms with Crippen molar-refractivity contribution in [2.24, 2.45) is 0 Å². The number of aliphatic hydroxyl groups is 1. The average molecular weight is 375 g/mol. The lowest BCUT2D eigenvalue weighted by Crippen LogP contribution is -2.05. The molecule has 0 saturated heterocycles. The van der Waals surface area contributed by atoms with E-state index in [-0.39, 0.29) is 49.5 Å². The lowest BCUT2D eigenvalue weighted by molar-refractivity contribution is 0.147. The molecule has 144 valence electrons. The van der Waals surface area contributed by atoms with Crippen LogP contribution in [0.1, 0.15) is 97.3 Å². The minimum absolute atomic E-state index is 0. The van der Waals surface area contributed by atoms with Gasteiger partial charge in [-0.1, -0.05) is 84.5 Å². The molecule has 1 unspecified atom stereocenters. The van der Waals surface area contributed by atoms with Crippen molar-refractivity contribution >= 4 is 43.4 Å². The molecule has 0 spiro atoms. The van der Waals surface area contributed by atoms with Crippen LogP contribution in [0.5, 0.6) is 0 Å². The molecule has 0 radical (unpaired) electrons. The molecular formula is C22H46Mg2O. The molecule has 1 nitrogen and oxygen atoms in total. The number of unbranched alkanes of at least 4 members (excludes halogenated alkanes) is 9. The summed E-state index contributed by atoms with van der Waals surface area (Å²) in [6, 6.07) is 0. The Labute approximate surface area is 185 Å². The molecule has 1 atom stereocenters. The largest absolute Gasteiger partial charge is 0.393 e. The molecule has 0 fully saturated rings. The van der Waals surface area contributed by atoms with Crippen LogP contribution in [0.4, 0.5) is 0 Å². The van der Waals surface area contributed by atoms with E-state index >= 15 is 0 Å². The Morgan fingerprint density at radius 1 is 0.720 bits per heavy atom. The van der Waals surface area contributed by atoms with Gasteiger partial charge >= 0.3 is 43.4 Å². The van der Waals surface area contributed by atoms with E-state index in [1.54, 1.807) is 0 Å². The van der Waals surface area contributed by atoms with Crippen LogP contribution >= 0.6 is 0 Å². The highest BCUT2D eigenvalue weighted by Crippen LogP contribution is 2.13. The topological polar surface area (TPSA) is 20.2 Å². The fourth-order valence-corrected chi connectivity index (χ4v) is 3.51. The summed E-state index contributed by atoms with van der Waals surface area (Å²) in [6.45, 7) is 11.8. The van der Waals surface area contributed by atoms with E-state index in [0.29, 0.717) is 0 Å². The molecule has 3 heteroatoms. The first-order valence-electron chi connectivity index (χ1n) is 10.6. The van der Waals surface area contributed by atoms with Crippen LogP contribution in [0.15, 0.2) is 25.3 Å². The third-order valence-corrected chi connectivity index (χ3v) is 5.98. The zero-order valence-electron chi connectivity index (χ0n) is 16.9. The molecule has 0 saturated carbocycles. The van der Waals surface area contributed by atoms with E-state index in [2.05, 4.69) is 27.0 Å². The Balaban J connectivity index is -0.000000513. The maximum Gasteiger partial charge on any atom is 0.375 e. The summed E-state index contributed by atoms with van der Waals surface area (Å²) in [7, 11) is 0. The smallest absolute Gasteiger partial charge is 0.375 e. The van der Waals surface area contributed by atoms with Crippen LogP contribution < -0.4 is 0 Å². The van der Waals surface area contributed by atoms with E-state index in [4.69, 9.17) is 0 Å². The van der Waals surface area contributed by atoms with Gasteiger partial charge in [0.05, 0.1) is 6.10 Å². The summed E-state index contributed by atoms with van der Waals surface area (Å²) in [5.41, 5.74) is 0. The van der Waals surface area contributed by atoms with Gasteiger partial charge in [-0.25, -0.2) is 0 Å². The number of hydrogen-bond acceptors (Lipinski definition) is 1. The van der Waals surface area contributed by atoms with E-state index in [1.165, 1.54) is 79.7 Å². The Kier molecular flexibility index (Phi) is 36.5. The standard InChI is InChI=1S/C16H34O.2C3H5.2Mg.2H/c1-3-5-7-9-11-13-15-16(17)14-12-10-8-6-4-2;2*1-3-2;;;;/h16-17H,3-15H2,1-2H3;2*3H,1-2H2;;;;. The second kappa shape index (κ2) is 29.7. The van der Waals surface area contributed by atoms with Gasteiger partial charge in [0.25, 0.3) is 0 Å². The molecular weight excluding hydrogens is 329 g/mol. The fraction of sp³-hybridized carbons (Fsp3) is 0.818. The first kappa shape index (κ1) is 30.7. The predicted octanol–water partition coefficient (Wildman–Crippen LogP) is 6.44. The molecule has 0 amide bonds. The highest BCUT2D eigenvalue weighted by molar-refractivity contribution is 6.36. The van der Waals surface area contributed by atoms with Crippen LogP contribution in [0.3, 0.4) is 0 Å². The van der Waals surface area contributed by atoms with Gasteiger partial charge in [0.15, 0.2) is 0 Å². The Morgan fingerprint density at radius 3 is 1.44 bits per heavy atom. The van der Waals surface area contributed by atoms with E-state index in [1.807, 2.05) is 12.2 Å². The Morgan fingerprint density at radius 2 is 1.08 bits per heavy atom. The molecule has 0 heterocycles. The third kappa shape index (κ3) is 33.0. The molecule has 0 aromatic heterocycles. The van der Waals surface area contributed by atoms with Crippen LogP contribution in [0.25, 0.3) is 0 Å². The molecule has 0 aromatic rings. The SMILES string of the molecule is C=C[CH2][Mg][CH2]C=C.CCCCCCCCC(O)CCCCCCC.[MgH2]. The number of allylic oxidation sites excluding steroid dienone is 2. The van der Waals surface area contributed by atoms with Gasteiger partial charge < -0.3 is 5.11 Å². The fourth-order valence-electron chi connectivity index (χ4n) is 2.69. The van der Waals surface area contributed by atoms with Gasteiger partial charge in [-0.15, -0.1) is 34.4 Å². The highest BCUT2D eigenvalue weighted by atomic mass is 24.5. The lowest BCUT2D eigenvalue weighted by atomic mass is 10.0. The third-order valence-electron chi connectivity index (χ3n) is 4.35. The van der Waals surface area contributed by atoms with Gasteiger partial charge in [-0.3, -0.25) is 0 Å². The predicted molar refractivity (Wildman–Crippen MR) is 122 cm³/mol. The minimum Gasteiger partial charge on any atom is -0.393 e. The van der Waals surface area contributed by atoms with E-state index < -0.39 is 0 Å². The molecule has 1 N–H and O–H groups in total. The van der Waals surface area contributed by atoms with Gasteiger partial charge in [0.1, 0.15) is 0 Å². The summed E-state index contributed by atoms with van der Waals surface area (Å²) in [4.78, 5) is 0. The normalized spacial score (nSPS) is 10.7. The maximum absolute atomic E-state index is 9.81. The minimum atomic E-state index is -0.0252. The second-order valence-corrected chi connectivity index (χ2v) is 8.78. The lowest BCUT2D eigenvalue weighted by Gasteiger charge is -2.10. The summed E-state index contributed by atoms with van der Waals surface area (Å²) in [5, 5.41) is 9.81. The molecule has 0 aliphatic heterocycles. The summed E-state index contributed by atoms with van der Waals surface area (Å²) >= 11 is 0.175. The van der Waals surface area contributed by atoms with E-state index in [0.717, 1.165) is 12.8 Å². The summed E-state index contributed by atoms with van der Waals surface area (Å²) in [6.07, 6.45) is 20.5. The van der Waals surface area contributed by atoms with Crippen molar-refractivity contribution in [1.29, 1.82) is 0 Å². The molecule has 0 bridgehead atoms. The van der Waals surface area contributed by atoms with Crippen LogP contribution in [0, 0.1) is 0 Å². The van der Waals surface area contributed by atoms with Crippen molar-refractivity contribution in [2.75, 3.05) is 0 Å². The maximum atomic E-state index is 9.81. The Hall–Kier alpha value is 0.972. The van der Waals surface area contributed by atoms with Crippen LogP contribution in [0.2, 0.25) is 9.10 Å². The summed E-state index contributed by atoms with van der Waals surface area (Å²) in [5.74, 6) is 0. The number of rotatable bonds is 17. The molecule has 0 aliphatic rings. The quantitative estimate of drug-likeness (QED) is 0.176. The number of hydrogen-bond donors (Lipinski definition) is 1. The zero-order chi connectivity index (χ0) is 18.3. The zero-order valence-corrected chi connectivity index (χ0v) is 18.3. The first-order chi connectivity index (χ1) is 11.7.